The number of carboxylic acids is 1. The summed E-state index contributed by atoms with van der Waals surface area (Å²) in [6.07, 6.45) is 2.53. The largest absolute Gasteiger partial charge is 0.494 e. The molecule has 0 fully saturated rings. The van der Waals surface area contributed by atoms with E-state index in [1.807, 2.05) is 12.1 Å². The van der Waals surface area contributed by atoms with Crippen molar-refractivity contribution >= 4 is 5.97 Å². The summed E-state index contributed by atoms with van der Waals surface area (Å²) >= 11 is 0. The van der Waals surface area contributed by atoms with Crippen molar-refractivity contribution in [1.29, 1.82) is 0 Å². The predicted molar refractivity (Wildman–Crippen MR) is 64.2 cm³/mol. The third kappa shape index (κ3) is 3.20. The SMILES string of the molecule is NC1Cc2ccc(OCCCC(=O)O)cc2C1. The van der Waals surface area contributed by atoms with Gasteiger partial charge in [-0.1, -0.05) is 6.07 Å². The second-order valence-electron chi connectivity index (χ2n) is 4.44. The van der Waals surface area contributed by atoms with Gasteiger partial charge >= 0.3 is 5.97 Å². The third-order valence-electron chi connectivity index (χ3n) is 2.95. The van der Waals surface area contributed by atoms with E-state index in [-0.39, 0.29) is 12.5 Å². The van der Waals surface area contributed by atoms with Gasteiger partial charge in [-0.25, -0.2) is 0 Å². The molecule has 1 aromatic rings. The highest BCUT2D eigenvalue weighted by Gasteiger charge is 2.18. The molecule has 1 aromatic carbocycles. The molecule has 0 spiro atoms. The second kappa shape index (κ2) is 5.19. The summed E-state index contributed by atoms with van der Waals surface area (Å²) < 4.78 is 5.51. The Bertz CT molecular complexity index is 417. The minimum Gasteiger partial charge on any atom is -0.494 e. The molecule has 0 aliphatic heterocycles. The lowest BCUT2D eigenvalue weighted by atomic mass is 10.1. The number of rotatable bonds is 5. The Morgan fingerprint density at radius 3 is 2.94 bits per heavy atom. The van der Waals surface area contributed by atoms with Gasteiger partial charge in [0.1, 0.15) is 5.75 Å². The van der Waals surface area contributed by atoms with Crippen molar-refractivity contribution in [2.45, 2.75) is 31.7 Å². The standard InChI is InChI=1S/C13H17NO3/c14-11-6-9-3-4-12(8-10(9)7-11)17-5-1-2-13(15)16/h3-4,8,11H,1-2,5-7,14H2,(H,15,16). The van der Waals surface area contributed by atoms with Crippen LogP contribution in [0.5, 0.6) is 5.75 Å². The lowest BCUT2D eigenvalue weighted by Crippen LogP contribution is -2.18. The van der Waals surface area contributed by atoms with Gasteiger partial charge in [-0.2, -0.15) is 0 Å². The van der Waals surface area contributed by atoms with Gasteiger partial charge in [-0.15, -0.1) is 0 Å². The molecular formula is C13H17NO3. The van der Waals surface area contributed by atoms with Crippen LogP contribution in [0.3, 0.4) is 0 Å². The first-order valence-electron chi connectivity index (χ1n) is 5.87. The van der Waals surface area contributed by atoms with Crippen molar-refractivity contribution in [2.75, 3.05) is 6.61 Å². The van der Waals surface area contributed by atoms with E-state index < -0.39 is 5.97 Å². The highest BCUT2D eigenvalue weighted by Crippen LogP contribution is 2.25. The molecular weight excluding hydrogens is 218 g/mol. The third-order valence-corrected chi connectivity index (χ3v) is 2.95. The second-order valence-corrected chi connectivity index (χ2v) is 4.44. The van der Waals surface area contributed by atoms with Gasteiger partial charge in [-0.3, -0.25) is 4.79 Å². The molecule has 1 aliphatic carbocycles. The molecule has 0 saturated heterocycles. The number of hydrogen-bond acceptors (Lipinski definition) is 3. The predicted octanol–water partition coefficient (Wildman–Crippen LogP) is 1.36. The average molecular weight is 235 g/mol. The average Bonchev–Trinajstić information content (AvgIpc) is 2.63. The Balaban J connectivity index is 1.86. The highest BCUT2D eigenvalue weighted by molar-refractivity contribution is 5.66. The van der Waals surface area contributed by atoms with Crippen LogP contribution in [0.4, 0.5) is 0 Å². The van der Waals surface area contributed by atoms with Crippen molar-refractivity contribution in [3.05, 3.63) is 29.3 Å². The first-order chi connectivity index (χ1) is 8.15. The zero-order valence-electron chi connectivity index (χ0n) is 9.69. The number of carboxylic acid groups (broad SMARTS) is 1. The normalized spacial score (nSPS) is 17.8. The van der Waals surface area contributed by atoms with Crippen molar-refractivity contribution in [2.24, 2.45) is 5.73 Å². The van der Waals surface area contributed by atoms with Crippen LogP contribution in [-0.2, 0) is 17.6 Å². The van der Waals surface area contributed by atoms with E-state index in [1.54, 1.807) is 0 Å². The van der Waals surface area contributed by atoms with Crippen LogP contribution in [-0.4, -0.2) is 23.7 Å². The molecule has 0 radical (unpaired) electrons. The molecule has 1 atom stereocenters. The Labute approximate surface area is 100 Å². The summed E-state index contributed by atoms with van der Waals surface area (Å²) in [5.41, 5.74) is 8.44. The van der Waals surface area contributed by atoms with E-state index in [4.69, 9.17) is 15.6 Å². The summed E-state index contributed by atoms with van der Waals surface area (Å²) in [4.78, 5) is 10.3. The van der Waals surface area contributed by atoms with Gasteiger partial charge in [0.15, 0.2) is 0 Å². The maximum absolute atomic E-state index is 10.3. The van der Waals surface area contributed by atoms with E-state index in [0.717, 1.165) is 18.6 Å². The first-order valence-corrected chi connectivity index (χ1v) is 5.87. The molecule has 17 heavy (non-hydrogen) atoms. The Hall–Kier alpha value is -1.55. The van der Waals surface area contributed by atoms with Gasteiger partial charge in [0.25, 0.3) is 0 Å². The van der Waals surface area contributed by atoms with Gasteiger partial charge in [0.2, 0.25) is 0 Å². The van der Waals surface area contributed by atoms with E-state index in [9.17, 15) is 4.79 Å². The van der Waals surface area contributed by atoms with E-state index in [1.165, 1.54) is 11.1 Å². The summed E-state index contributed by atoms with van der Waals surface area (Å²) in [6, 6.07) is 6.22. The van der Waals surface area contributed by atoms with Crippen LogP contribution in [0.15, 0.2) is 18.2 Å². The Kier molecular flexibility index (Phi) is 3.64. The number of ether oxygens (including phenoxy) is 1. The fourth-order valence-electron chi connectivity index (χ4n) is 2.13. The summed E-state index contributed by atoms with van der Waals surface area (Å²) in [5.74, 6) is 0.0248. The first kappa shape index (κ1) is 11.9. The number of hydrogen-bond donors (Lipinski definition) is 2. The lowest BCUT2D eigenvalue weighted by Gasteiger charge is -2.07. The van der Waals surface area contributed by atoms with Crippen LogP contribution < -0.4 is 10.5 Å². The van der Waals surface area contributed by atoms with Crippen LogP contribution in [0.2, 0.25) is 0 Å². The maximum Gasteiger partial charge on any atom is 0.303 e. The van der Waals surface area contributed by atoms with Gasteiger partial charge in [-0.05, 0) is 42.5 Å². The number of aliphatic carboxylic acids is 1. The molecule has 4 nitrogen and oxygen atoms in total. The van der Waals surface area contributed by atoms with Crippen molar-refractivity contribution < 1.29 is 14.6 Å². The number of benzene rings is 1. The zero-order valence-corrected chi connectivity index (χ0v) is 9.69. The fraction of sp³-hybridized carbons (Fsp3) is 0.462. The lowest BCUT2D eigenvalue weighted by molar-refractivity contribution is -0.137. The summed E-state index contributed by atoms with van der Waals surface area (Å²) in [5, 5.41) is 8.50. The molecule has 2 rings (SSSR count). The number of fused-ring (bicyclic) bond motifs is 1. The quantitative estimate of drug-likeness (QED) is 0.756. The molecule has 4 heteroatoms. The van der Waals surface area contributed by atoms with Gasteiger partial charge in [0, 0.05) is 12.5 Å². The smallest absolute Gasteiger partial charge is 0.303 e. The molecule has 0 saturated carbocycles. The minimum atomic E-state index is -0.784. The monoisotopic (exact) mass is 235 g/mol. The van der Waals surface area contributed by atoms with Crippen molar-refractivity contribution in [3.63, 3.8) is 0 Å². The van der Waals surface area contributed by atoms with Crippen LogP contribution in [0, 0.1) is 0 Å². The Morgan fingerprint density at radius 1 is 1.41 bits per heavy atom. The molecule has 92 valence electrons. The van der Waals surface area contributed by atoms with Crippen molar-refractivity contribution in [3.8, 4) is 5.75 Å². The number of nitrogens with two attached hydrogens (primary N) is 1. The molecule has 0 amide bonds. The Morgan fingerprint density at radius 2 is 2.18 bits per heavy atom. The van der Waals surface area contributed by atoms with E-state index >= 15 is 0 Å². The molecule has 3 N–H and O–H groups in total. The van der Waals surface area contributed by atoms with Crippen LogP contribution >= 0.6 is 0 Å². The summed E-state index contributed by atoms with van der Waals surface area (Å²) in [6.45, 7) is 0.442. The minimum absolute atomic E-state index is 0.149. The van der Waals surface area contributed by atoms with Crippen LogP contribution in [0.25, 0.3) is 0 Å². The highest BCUT2D eigenvalue weighted by atomic mass is 16.5. The molecule has 1 aliphatic rings. The van der Waals surface area contributed by atoms with Crippen molar-refractivity contribution in [1.82, 2.24) is 0 Å². The van der Waals surface area contributed by atoms with Crippen LogP contribution in [0.1, 0.15) is 24.0 Å². The van der Waals surface area contributed by atoms with E-state index in [0.29, 0.717) is 13.0 Å². The molecule has 0 heterocycles. The van der Waals surface area contributed by atoms with E-state index in [2.05, 4.69) is 6.07 Å². The molecule has 0 aromatic heterocycles. The number of carbonyl (C=O) groups is 1. The molecule has 1 unspecified atom stereocenters. The topological polar surface area (TPSA) is 72.5 Å². The van der Waals surface area contributed by atoms with Gasteiger partial charge in [0.05, 0.1) is 6.61 Å². The summed E-state index contributed by atoms with van der Waals surface area (Å²) in [7, 11) is 0. The molecule has 0 bridgehead atoms. The zero-order chi connectivity index (χ0) is 12.3. The maximum atomic E-state index is 10.3. The fourth-order valence-corrected chi connectivity index (χ4v) is 2.13. The van der Waals surface area contributed by atoms with Gasteiger partial charge < -0.3 is 15.6 Å².